The number of ether oxygens (including phenoxy) is 2. The van der Waals surface area contributed by atoms with Gasteiger partial charge < -0.3 is 14.8 Å². The lowest BCUT2D eigenvalue weighted by molar-refractivity contribution is -0.0392. The normalized spacial score (nSPS) is 13.3. The van der Waals surface area contributed by atoms with Crippen molar-refractivity contribution in [3.63, 3.8) is 0 Å². The molecule has 1 N–H and O–H groups in total. The molecule has 0 amide bonds. The van der Waals surface area contributed by atoms with Crippen LogP contribution in [0.2, 0.25) is 0 Å². The first-order valence-electron chi connectivity index (χ1n) is 7.17. The highest BCUT2D eigenvalue weighted by Crippen LogP contribution is 2.31. The van der Waals surface area contributed by atoms with Gasteiger partial charge in [-0.2, -0.15) is 0 Å². The second kappa shape index (κ2) is 7.60. The number of hydrogen-bond acceptors (Lipinski definition) is 3. The van der Waals surface area contributed by atoms with Crippen LogP contribution in [0.5, 0.6) is 5.75 Å². The number of methoxy groups -OCH3 is 1. The third-order valence-corrected chi connectivity index (χ3v) is 3.32. The van der Waals surface area contributed by atoms with E-state index in [2.05, 4.69) is 12.2 Å². The molecule has 0 aliphatic heterocycles. The zero-order valence-electron chi connectivity index (χ0n) is 13.1. The van der Waals surface area contributed by atoms with Crippen molar-refractivity contribution < 1.29 is 13.9 Å². The molecule has 0 spiro atoms. The second-order valence-corrected chi connectivity index (χ2v) is 5.32. The van der Waals surface area contributed by atoms with Crippen LogP contribution in [0.4, 0.5) is 4.39 Å². The highest BCUT2D eigenvalue weighted by Gasteiger charge is 2.31. The van der Waals surface area contributed by atoms with E-state index in [0.717, 1.165) is 18.5 Å². The highest BCUT2D eigenvalue weighted by atomic mass is 19.1. The van der Waals surface area contributed by atoms with E-state index in [1.165, 1.54) is 13.2 Å². The van der Waals surface area contributed by atoms with Crippen molar-refractivity contribution in [2.24, 2.45) is 0 Å². The molecular weight excluding hydrogens is 257 g/mol. The molecule has 1 aromatic rings. The molecule has 0 aliphatic carbocycles. The summed E-state index contributed by atoms with van der Waals surface area (Å²) in [5.74, 6) is -0.0854. The van der Waals surface area contributed by atoms with Gasteiger partial charge in [0.15, 0.2) is 11.6 Å². The molecule has 0 aromatic heterocycles. The molecule has 114 valence electrons. The molecule has 0 saturated heterocycles. The fraction of sp³-hybridized carbons (Fsp3) is 0.625. The van der Waals surface area contributed by atoms with Gasteiger partial charge in [0.25, 0.3) is 0 Å². The van der Waals surface area contributed by atoms with E-state index in [4.69, 9.17) is 9.47 Å². The van der Waals surface area contributed by atoms with Gasteiger partial charge in [0.1, 0.15) is 0 Å². The van der Waals surface area contributed by atoms with Crippen LogP contribution in [-0.4, -0.2) is 25.9 Å². The predicted molar refractivity (Wildman–Crippen MR) is 79.7 cm³/mol. The van der Waals surface area contributed by atoms with Gasteiger partial charge in [-0.05, 0) is 51.4 Å². The Hall–Kier alpha value is -1.13. The van der Waals surface area contributed by atoms with Crippen LogP contribution < -0.4 is 10.1 Å². The average Bonchev–Trinajstić information content (AvgIpc) is 2.39. The molecule has 0 heterocycles. The fourth-order valence-corrected chi connectivity index (χ4v) is 2.37. The summed E-state index contributed by atoms with van der Waals surface area (Å²) in [5.41, 5.74) is 0.459. The largest absolute Gasteiger partial charge is 0.494 e. The first-order valence-corrected chi connectivity index (χ1v) is 7.17. The van der Waals surface area contributed by atoms with E-state index in [0.29, 0.717) is 6.61 Å². The zero-order valence-corrected chi connectivity index (χ0v) is 13.1. The molecule has 0 bridgehead atoms. The highest BCUT2D eigenvalue weighted by molar-refractivity contribution is 5.32. The summed E-state index contributed by atoms with van der Waals surface area (Å²) in [5, 5.41) is 3.44. The Bertz CT molecular complexity index is 421. The van der Waals surface area contributed by atoms with Gasteiger partial charge in [0.2, 0.25) is 0 Å². The molecule has 0 saturated carbocycles. The maximum absolute atomic E-state index is 13.9. The fourth-order valence-electron chi connectivity index (χ4n) is 2.37. The zero-order chi connectivity index (χ0) is 15.2. The van der Waals surface area contributed by atoms with Gasteiger partial charge in [0.05, 0.1) is 18.8 Å². The minimum atomic E-state index is -0.412. The first kappa shape index (κ1) is 16.9. The van der Waals surface area contributed by atoms with Gasteiger partial charge >= 0.3 is 0 Å². The van der Waals surface area contributed by atoms with Crippen molar-refractivity contribution in [1.29, 1.82) is 0 Å². The minimum Gasteiger partial charge on any atom is -0.494 e. The monoisotopic (exact) mass is 283 g/mol. The van der Waals surface area contributed by atoms with E-state index < -0.39 is 5.60 Å². The molecule has 0 fully saturated rings. The van der Waals surface area contributed by atoms with Gasteiger partial charge in [0, 0.05) is 6.61 Å². The van der Waals surface area contributed by atoms with Crippen molar-refractivity contribution in [2.45, 2.75) is 45.8 Å². The Kier molecular flexibility index (Phi) is 6.43. The number of halogens is 1. The van der Waals surface area contributed by atoms with Crippen LogP contribution in [0.3, 0.4) is 0 Å². The topological polar surface area (TPSA) is 30.5 Å². The van der Waals surface area contributed by atoms with E-state index in [1.807, 2.05) is 26.8 Å². The Morgan fingerprint density at radius 2 is 2.00 bits per heavy atom. The molecule has 0 aliphatic rings. The minimum absolute atomic E-state index is 0.0668. The van der Waals surface area contributed by atoms with E-state index in [9.17, 15) is 4.39 Å². The third kappa shape index (κ3) is 4.18. The average molecular weight is 283 g/mol. The molecule has 0 radical (unpaired) electrons. The van der Waals surface area contributed by atoms with E-state index >= 15 is 0 Å². The molecular formula is C16H26FNO2. The Morgan fingerprint density at radius 1 is 1.30 bits per heavy atom. The van der Waals surface area contributed by atoms with E-state index in [1.54, 1.807) is 6.07 Å². The molecule has 1 atom stereocenters. The lowest BCUT2D eigenvalue weighted by Crippen LogP contribution is -2.42. The second-order valence-electron chi connectivity index (χ2n) is 5.32. The first-order chi connectivity index (χ1) is 9.46. The van der Waals surface area contributed by atoms with Gasteiger partial charge in [-0.25, -0.2) is 4.39 Å². The molecule has 1 unspecified atom stereocenters. The van der Waals surface area contributed by atoms with Crippen molar-refractivity contribution in [3.8, 4) is 5.75 Å². The van der Waals surface area contributed by atoms with Crippen LogP contribution >= 0.6 is 0 Å². The number of benzene rings is 1. The third-order valence-electron chi connectivity index (χ3n) is 3.32. The lowest BCUT2D eigenvalue weighted by atomic mass is 9.91. The van der Waals surface area contributed by atoms with E-state index in [-0.39, 0.29) is 17.6 Å². The summed E-state index contributed by atoms with van der Waals surface area (Å²) in [6.07, 6.45) is 1.01. The van der Waals surface area contributed by atoms with Crippen LogP contribution in [0.25, 0.3) is 0 Å². The summed E-state index contributed by atoms with van der Waals surface area (Å²) in [6, 6.07) is 5.00. The summed E-state index contributed by atoms with van der Waals surface area (Å²) < 4.78 is 24.7. The molecule has 1 rings (SSSR count). The molecule has 20 heavy (non-hydrogen) atoms. The molecule has 4 heteroatoms. The number of rotatable bonds is 8. The van der Waals surface area contributed by atoms with Crippen LogP contribution in [0.15, 0.2) is 18.2 Å². The summed E-state index contributed by atoms with van der Waals surface area (Å²) in [4.78, 5) is 0. The van der Waals surface area contributed by atoms with Gasteiger partial charge in [-0.1, -0.05) is 13.0 Å². The van der Waals surface area contributed by atoms with Crippen LogP contribution in [0.1, 0.15) is 45.7 Å². The van der Waals surface area contributed by atoms with Crippen molar-refractivity contribution in [3.05, 3.63) is 29.6 Å². The lowest BCUT2D eigenvalue weighted by Gasteiger charge is -2.35. The smallest absolute Gasteiger partial charge is 0.165 e. The van der Waals surface area contributed by atoms with Crippen molar-refractivity contribution in [1.82, 2.24) is 5.32 Å². The predicted octanol–water partition coefficient (Wildman–Crippen LogP) is 3.69. The van der Waals surface area contributed by atoms with Crippen molar-refractivity contribution >= 4 is 0 Å². The Balaban J connectivity index is 3.06. The molecule has 1 aromatic carbocycles. The summed E-state index contributed by atoms with van der Waals surface area (Å²) >= 11 is 0. The number of nitrogens with one attached hydrogen (secondary N) is 1. The molecule has 3 nitrogen and oxygen atoms in total. The maximum Gasteiger partial charge on any atom is 0.165 e. The Morgan fingerprint density at radius 3 is 2.50 bits per heavy atom. The summed E-state index contributed by atoms with van der Waals surface area (Å²) in [6.45, 7) is 9.59. The maximum atomic E-state index is 13.9. The van der Waals surface area contributed by atoms with Gasteiger partial charge in [-0.15, -0.1) is 0 Å². The quantitative estimate of drug-likeness (QED) is 0.789. The Labute approximate surface area is 121 Å². The SMILES string of the molecule is CCCNC(c1ccc(OC)c(F)c1)C(C)(C)OCC. The van der Waals surface area contributed by atoms with Crippen molar-refractivity contribution in [2.75, 3.05) is 20.3 Å². The van der Waals surface area contributed by atoms with Crippen LogP contribution in [-0.2, 0) is 4.74 Å². The van der Waals surface area contributed by atoms with Crippen LogP contribution in [0, 0.1) is 5.82 Å². The summed E-state index contributed by atoms with van der Waals surface area (Å²) in [7, 11) is 1.47. The standard InChI is InChI=1S/C16H26FNO2/c1-6-10-18-15(16(3,4)20-7-2)12-8-9-14(19-5)13(17)11-12/h8-9,11,15,18H,6-7,10H2,1-5H3. The number of hydrogen-bond donors (Lipinski definition) is 1. The van der Waals surface area contributed by atoms with Gasteiger partial charge in [-0.3, -0.25) is 0 Å².